The highest BCUT2D eigenvalue weighted by molar-refractivity contribution is 9.11. The zero-order chi connectivity index (χ0) is 17.4. The summed E-state index contributed by atoms with van der Waals surface area (Å²) >= 11 is 13.5. The number of carbonyl (C=O) groups is 1. The lowest BCUT2D eigenvalue weighted by Gasteiger charge is -2.14. The van der Waals surface area contributed by atoms with E-state index >= 15 is 0 Å². The molecule has 0 atom stereocenters. The van der Waals surface area contributed by atoms with E-state index in [1.807, 2.05) is 19.1 Å². The average molecular weight is 487 g/mol. The van der Waals surface area contributed by atoms with E-state index in [1.165, 1.54) is 28.8 Å². The Morgan fingerprint density at radius 2 is 1.88 bits per heavy atom. The van der Waals surface area contributed by atoms with Crippen LogP contribution in [0.1, 0.15) is 11.1 Å². The summed E-state index contributed by atoms with van der Waals surface area (Å²) in [6, 6.07) is 9.73. The Hall–Kier alpha value is -1.02. The summed E-state index contributed by atoms with van der Waals surface area (Å²) in [7, 11) is 0. The second-order valence-electron chi connectivity index (χ2n) is 5.11. The molecule has 1 aliphatic rings. The van der Waals surface area contributed by atoms with Gasteiger partial charge in [0.05, 0.1) is 10.6 Å². The SMILES string of the molecule is Cc1c(Br)cc(/C=C2\SC(=S)N(c3cccc(F)c3)C2=O)cc1Br. The number of hydrogen-bond donors (Lipinski definition) is 0. The maximum atomic E-state index is 13.4. The summed E-state index contributed by atoms with van der Waals surface area (Å²) < 4.78 is 15.7. The lowest BCUT2D eigenvalue weighted by Crippen LogP contribution is -2.27. The van der Waals surface area contributed by atoms with Crippen LogP contribution in [0.2, 0.25) is 0 Å². The zero-order valence-corrected chi connectivity index (χ0v) is 17.2. The van der Waals surface area contributed by atoms with Crippen molar-refractivity contribution in [1.29, 1.82) is 0 Å². The first-order chi connectivity index (χ1) is 11.4. The van der Waals surface area contributed by atoms with Crippen molar-refractivity contribution in [3.63, 3.8) is 0 Å². The van der Waals surface area contributed by atoms with Crippen molar-refractivity contribution >= 4 is 77.8 Å². The Morgan fingerprint density at radius 1 is 1.21 bits per heavy atom. The molecule has 0 radical (unpaired) electrons. The quantitative estimate of drug-likeness (QED) is 0.379. The molecular weight excluding hydrogens is 477 g/mol. The fraction of sp³-hybridized carbons (Fsp3) is 0.0588. The molecule has 0 aromatic heterocycles. The number of thiocarbonyl (C=S) groups is 1. The maximum Gasteiger partial charge on any atom is 0.270 e. The van der Waals surface area contributed by atoms with Gasteiger partial charge in [-0.25, -0.2) is 4.39 Å². The van der Waals surface area contributed by atoms with Crippen LogP contribution in [-0.2, 0) is 4.79 Å². The van der Waals surface area contributed by atoms with Crippen molar-refractivity contribution in [1.82, 2.24) is 0 Å². The van der Waals surface area contributed by atoms with E-state index in [2.05, 4.69) is 31.9 Å². The van der Waals surface area contributed by atoms with Crippen molar-refractivity contribution < 1.29 is 9.18 Å². The standard InChI is InChI=1S/C17H10Br2FNOS2/c1-9-13(18)5-10(6-14(9)19)7-15-16(22)21(17(23)24-15)12-4-2-3-11(20)8-12/h2-8H,1H3/b15-7-. The van der Waals surface area contributed by atoms with E-state index in [9.17, 15) is 9.18 Å². The minimum Gasteiger partial charge on any atom is -0.268 e. The third-order valence-corrected chi connectivity index (χ3v) is 6.41. The van der Waals surface area contributed by atoms with Crippen LogP contribution in [0.15, 0.2) is 50.2 Å². The molecular formula is C17H10Br2FNOS2. The monoisotopic (exact) mass is 485 g/mol. The predicted molar refractivity (Wildman–Crippen MR) is 109 cm³/mol. The fourth-order valence-corrected chi connectivity index (χ4v) is 4.73. The number of rotatable bonds is 2. The number of amides is 1. The van der Waals surface area contributed by atoms with Crippen LogP contribution < -0.4 is 4.90 Å². The van der Waals surface area contributed by atoms with Crippen LogP contribution in [0, 0.1) is 12.7 Å². The molecule has 7 heteroatoms. The van der Waals surface area contributed by atoms with E-state index in [-0.39, 0.29) is 5.91 Å². The molecule has 1 fully saturated rings. The van der Waals surface area contributed by atoms with Crippen LogP contribution in [0.5, 0.6) is 0 Å². The Morgan fingerprint density at radius 3 is 2.50 bits per heavy atom. The maximum absolute atomic E-state index is 13.4. The molecule has 2 nitrogen and oxygen atoms in total. The number of nitrogens with zero attached hydrogens (tertiary/aromatic N) is 1. The normalized spacial score (nSPS) is 16.3. The van der Waals surface area contributed by atoms with Crippen LogP contribution in [0.3, 0.4) is 0 Å². The van der Waals surface area contributed by atoms with Gasteiger partial charge >= 0.3 is 0 Å². The van der Waals surface area contributed by atoms with Gasteiger partial charge in [-0.1, -0.05) is 61.9 Å². The highest BCUT2D eigenvalue weighted by atomic mass is 79.9. The molecule has 0 N–H and O–H groups in total. The summed E-state index contributed by atoms with van der Waals surface area (Å²) in [5, 5.41) is 0. The Balaban J connectivity index is 1.97. The summed E-state index contributed by atoms with van der Waals surface area (Å²) in [5.74, 6) is -0.652. The summed E-state index contributed by atoms with van der Waals surface area (Å²) in [4.78, 5) is 14.5. The van der Waals surface area contributed by atoms with Crippen molar-refractivity contribution in [2.75, 3.05) is 4.90 Å². The van der Waals surface area contributed by atoms with Gasteiger partial charge in [0.25, 0.3) is 5.91 Å². The number of hydrogen-bond acceptors (Lipinski definition) is 3. The molecule has 1 heterocycles. The minimum absolute atomic E-state index is 0.247. The van der Waals surface area contributed by atoms with Gasteiger partial charge in [0.15, 0.2) is 4.32 Å². The number of anilines is 1. The molecule has 0 aliphatic carbocycles. The van der Waals surface area contributed by atoms with Crippen molar-refractivity contribution in [3.8, 4) is 0 Å². The smallest absolute Gasteiger partial charge is 0.268 e. The summed E-state index contributed by atoms with van der Waals surface area (Å²) in [6.07, 6.45) is 1.79. The lowest BCUT2D eigenvalue weighted by atomic mass is 10.1. The zero-order valence-electron chi connectivity index (χ0n) is 12.3. The average Bonchev–Trinajstić information content (AvgIpc) is 2.79. The van der Waals surface area contributed by atoms with Crippen LogP contribution in [0.4, 0.5) is 10.1 Å². The highest BCUT2D eigenvalue weighted by Crippen LogP contribution is 2.37. The highest BCUT2D eigenvalue weighted by Gasteiger charge is 2.33. The van der Waals surface area contributed by atoms with Gasteiger partial charge in [0, 0.05) is 8.95 Å². The van der Waals surface area contributed by atoms with Crippen LogP contribution in [0.25, 0.3) is 6.08 Å². The van der Waals surface area contributed by atoms with Crippen molar-refractivity contribution in [2.45, 2.75) is 6.92 Å². The second kappa shape index (κ2) is 7.07. The molecule has 2 aromatic rings. The number of halogens is 3. The third-order valence-electron chi connectivity index (χ3n) is 3.46. The van der Waals surface area contributed by atoms with Crippen molar-refractivity contribution in [2.24, 2.45) is 0 Å². The Labute approximate surface area is 165 Å². The van der Waals surface area contributed by atoms with E-state index in [0.29, 0.717) is 14.9 Å². The van der Waals surface area contributed by atoms with E-state index in [4.69, 9.17) is 12.2 Å². The van der Waals surface area contributed by atoms with Crippen molar-refractivity contribution in [3.05, 3.63) is 67.2 Å². The summed E-state index contributed by atoms with van der Waals surface area (Å²) in [6.45, 7) is 1.99. The molecule has 0 saturated carbocycles. The molecule has 1 saturated heterocycles. The first-order valence-electron chi connectivity index (χ1n) is 6.86. The van der Waals surface area contributed by atoms with Gasteiger partial charge in [0.2, 0.25) is 0 Å². The number of carbonyl (C=O) groups excluding carboxylic acids is 1. The van der Waals surface area contributed by atoms with Gasteiger partial charge in [-0.15, -0.1) is 0 Å². The van der Waals surface area contributed by atoms with Gasteiger partial charge < -0.3 is 0 Å². The fourth-order valence-electron chi connectivity index (χ4n) is 2.21. The number of thioether (sulfide) groups is 1. The molecule has 2 aromatic carbocycles. The molecule has 3 rings (SSSR count). The van der Waals surface area contributed by atoms with Gasteiger partial charge in [-0.3, -0.25) is 9.69 Å². The second-order valence-corrected chi connectivity index (χ2v) is 8.49. The Bertz CT molecular complexity index is 875. The molecule has 24 heavy (non-hydrogen) atoms. The molecule has 0 bridgehead atoms. The molecule has 1 amide bonds. The predicted octanol–water partition coefficient (Wildman–Crippen LogP) is 6.06. The van der Waals surface area contributed by atoms with Gasteiger partial charge in [-0.2, -0.15) is 0 Å². The first-order valence-corrected chi connectivity index (χ1v) is 9.67. The topological polar surface area (TPSA) is 20.3 Å². The van der Waals surface area contributed by atoms with E-state index in [0.717, 1.165) is 20.1 Å². The molecule has 122 valence electrons. The van der Waals surface area contributed by atoms with Gasteiger partial charge in [-0.05, 0) is 54.5 Å². The van der Waals surface area contributed by atoms with E-state index in [1.54, 1.807) is 18.2 Å². The number of benzene rings is 2. The molecule has 0 spiro atoms. The van der Waals surface area contributed by atoms with Crippen LogP contribution in [-0.4, -0.2) is 10.2 Å². The largest absolute Gasteiger partial charge is 0.270 e. The Kier molecular flexibility index (Phi) is 5.24. The minimum atomic E-state index is -0.406. The van der Waals surface area contributed by atoms with E-state index < -0.39 is 5.82 Å². The molecule has 0 unspecified atom stereocenters. The van der Waals surface area contributed by atoms with Gasteiger partial charge in [0.1, 0.15) is 5.82 Å². The summed E-state index contributed by atoms with van der Waals surface area (Å²) in [5.41, 5.74) is 2.39. The third kappa shape index (κ3) is 3.49. The lowest BCUT2D eigenvalue weighted by molar-refractivity contribution is -0.113. The van der Waals surface area contributed by atoms with Crippen LogP contribution >= 0.6 is 55.8 Å². The first kappa shape index (κ1) is 17.8. The molecule has 1 aliphatic heterocycles.